The van der Waals surface area contributed by atoms with Crippen LogP contribution in [0.25, 0.3) is 0 Å². The van der Waals surface area contributed by atoms with Gasteiger partial charge >= 0.3 is 6.18 Å². The van der Waals surface area contributed by atoms with Gasteiger partial charge in [-0.15, -0.1) is 12.4 Å². The van der Waals surface area contributed by atoms with Gasteiger partial charge in [-0.1, -0.05) is 11.6 Å². The summed E-state index contributed by atoms with van der Waals surface area (Å²) in [5, 5.41) is -0.287. The third-order valence-electron chi connectivity index (χ3n) is 7.29. The summed E-state index contributed by atoms with van der Waals surface area (Å²) in [5.74, 6) is -3.26. The number of nitrogens with zero attached hydrogens (tertiary/aromatic N) is 2. The van der Waals surface area contributed by atoms with E-state index >= 15 is 0 Å². The molecule has 0 radical (unpaired) electrons. The predicted octanol–water partition coefficient (Wildman–Crippen LogP) is 5.97. The van der Waals surface area contributed by atoms with Crippen molar-refractivity contribution in [3.8, 4) is 0 Å². The van der Waals surface area contributed by atoms with Gasteiger partial charge in [0.2, 0.25) is 15.9 Å². The second kappa shape index (κ2) is 11.4. The van der Waals surface area contributed by atoms with Crippen LogP contribution in [0, 0.1) is 6.92 Å². The van der Waals surface area contributed by atoms with Gasteiger partial charge in [-0.25, -0.2) is 17.2 Å². The molecule has 1 heterocycles. The van der Waals surface area contributed by atoms with Gasteiger partial charge < -0.3 is 0 Å². The molecule has 1 saturated heterocycles. The Bertz CT molecular complexity index is 1030. The third kappa shape index (κ3) is 6.89. The number of sulfonamides is 1. The number of hydrogen-bond donors (Lipinski definition) is 0. The van der Waals surface area contributed by atoms with Crippen LogP contribution in [0.2, 0.25) is 5.02 Å². The largest absolute Gasteiger partial charge is 0.416 e. The Labute approximate surface area is 219 Å². The first kappa shape index (κ1) is 31.2. The van der Waals surface area contributed by atoms with Crippen molar-refractivity contribution in [3.63, 3.8) is 0 Å². The molecule has 2 fully saturated rings. The molecule has 0 bridgehead atoms. The summed E-state index contributed by atoms with van der Waals surface area (Å²) in [4.78, 5) is 15.1. The Morgan fingerprint density at radius 3 is 2.08 bits per heavy atom. The fourth-order valence-electron chi connectivity index (χ4n) is 5.16. The number of aryl methyl sites for hydroxylation is 1. The van der Waals surface area contributed by atoms with Crippen LogP contribution in [0.4, 0.5) is 22.0 Å². The Balaban J connectivity index is 0.00000456. The number of ketones is 1. The van der Waals surface area contributed by atoms with E-state index in [1.54, 1.807) is 6.92 Å². The van der Waals surface area contributed by atoms with E-state index in [4.69, 9.17) is 11.6 Å². The predicted molar refractivity (Wildman–Crippen MR) is 131 cm³/mol. The van der Waals surface area contributed by atoms with Crippen LogP contribution in [0.3, 0.4) is 0 Å². The lowest BCUT2D eigenvalue weighted by Crippen LogP contribution is -2.60. The van der Waals surface area contributed by atoms with Crippen LogP contribution in [-0.4, -0.2) is 66.8 Å². The lowest BCUT2D eigenvalue weighted by molar-refractivity contribution is -0.137. The highest BCUT2D eigenvalue weighted by atomic mass is 35.5. The molecule has 0 amide bonds. The second-order valence-electron chi connectivity index (χ2n) is 9.44. The number of Topliss-reactive ketones (excluding diaryl/α,β-unsaturated/α-hetero) is 1. The van der Waals surface area contributed by atoms with E-state index < -0.39 is 39.0 Å². The van der Waals surface area contributed by atoms with Crippen molar-refractivity contribution in [3.05, 3.63) is 33.8 Å². The maximum absolute atomic E-state index is 14.0. The van der Waals surface area contributed by atoms with Crippen molar-refractivity contribution in [1.29, 1.82) is 0 Å². The van der Waals surface area contributed by atoms with Crippen LogP contribution >= 0.6 is 24.0 Å². The number of benzene rings is 1. The molecule has 5 nitrogen and oxygen atoms in total. The SMILES string of the molecule is CCS(=O)(=O)N1CCN(C2(CCC(=O)c3c(C)cc(C(F)(F)F)cc3Cl)CCC(F)(F)CC2)CC1.Cl. The van der Waals surface area contributed by atoms with Crippen LogP contribution < -0.4 is 0 Å². The lowest BCUT2D eigenvalue weighted by Gasteiger charge is -2.51. The zero-order chi connectivity index (χ0) is 26.2. The Hall–Kier alpha value is -1.01. The monoisotopic (exact) mass is 580 g/mol. The number of rotatable bonds is 7. The van der Waals surface area contributed by atoms with E-state index in [2.05, 4.69) is 0 Å². The quantitative estimate of drug-likeness (QED) is 0.294. The molecule has 0 spiro atoms. The van der Waals surface area contributed by atoms with Crippen molar-refractivity contribution in [1.82, 2.24) is 9.21 Å². The molecule has 3 rings (SSSR count). The van der Waals surface area contributed by atoms with E-state index in [0.717, 1.165) is 12.1 Å². The van der Waals surface area contributed by atoms with Crippen molar-refractivity contribution in [2.24, 2.45) is 0 Å². The number of alkyl halides is 5. The summed E-state index contributed by atoms with van der Waals surface area (Å²) < 4.78 is 93.0. The van der Waals surface area contributed by atoms with Crippen molar-refractivity contribution >= 4 is 39.8 Å². The molecule has 0 atom stereocenters. The average Bonchev–Trinajstić information content (AvgIpc) is 2.78. The summed E-state index contributed by atoms with van der Waals surface area (Å²) in [6, 6.07) is 1.61. The minimum Gasteiger partial charge on any atom is -0.295 e. The van der Waals surface area contributed by atoms with Gasteiger partial charge in [0, 0.05) is 56.5 Å². The fraction of sp³-hybridized carbons (Fsp3) is 0.696. The Morgan fingerprint density at radius 2 is 1.61 bits per heavy atom. The Morgan fingerprint density at radius 1 is 1.06 bits per heavy atom. The fourth-order valence-corrected chi connectivity index (χ4v) is 6.62. The van der Waals surface area contributed by atoms with Gasteiger partial charge in [0.15, 0.2) is 5.78 Å². The molecule has 13 heteroatoms. The molecule has 0 unspecified atom stereocenters. The van der Waals surface area contributed by atoms with E-state index in [1.807, 2.05) is 4.90 Å². The number of carbonyl (C=O) groups is 1. The summed E-state index contributed by atoms with van der Waals surface area (Å²) in [6.45, 7) is 4.15. The highest BCUT2D eigenvalue weighted by Crippen LogP contribution is 2.45. The minimum atomic E-state index is -4.60. The van der Waals surface area contributed by atoms with Crippen LogP contribution in [0.5, 0.6) is 0 Å². The zero-order valence-electron chi connectivity index (χ0n) is 20.1. The van der Waals surface area contributed by atoms with E-state index in [1.165, 1.54) is 11.2 Å². The van der Waals surface area contributed by atoms with Gasteiger partial charge in [-0.05, 0) is 50.8 Å². The molecule has 1 aromatic rings. The summed E-state index contributed by atoms with van der Waals surface area (Å²) >= 11 is 6.06. The van der Waals surface area contributed by atoms with E-state index in [-0.39, 0.29) is 85.9 Å². The number of piperazine rings is 1. The maximum Gasteiger partial charge on any atom is 0.416 e. The number of carbonyl (C=O) groups excluding carboxylic acids is 1. The van der Waals surface area contributed by atoms with Crippen molar-refractivity contribution in [2.75, 3.05) is 31.9 Å². The number of hydrogen-bond acceptors (Lipinski definition) is 4. The molecule has 206 valence electrons. The molecule has 0 N–H and O–H groups in total. The standard InChI is InChI=1S/C23H30ClF5N2O3S.ClH/c1-3-35(33,34)31-12-10-30(11-13-31)21(6-8-22(25,26)9-7-21)5-4-19(32)20-16(2)14-17(15-18(20)24)23(27,28)29;/h14-15H,3-13H2,1-2H3;1H. The van der Waals surface area contributed by atoms with Crippen LogP contribution in [0.15, 0.2) is 12.1 Å². The average molecular weight is 581 g/mol. The van der Waals surface area contributed by atoms with Gasteiger partial charge in [-0.3, -0.25) is 9.69 Å². The molecular weight excluding hydrogens is 550 g/mol. The highest BCUT2D eigenvalue weighted by molar-refractivity contribution is 7.89. The maximum atomic E-state index is 14.0. The molecule has 1 aromatic carbocycles. The summed E-state index contributed by atoms with van der Waals surface area (Å²) in [7, 11) is -3.36. The van der Waals surface area contributed by atoms with Crippen molar-refractivity contribution < 1.29 is 35.2 Å². The molecule has 2 aliphatic rings. The molecular formula is C23H31Cl2F5N2O3S. The third-order valence-corrected chi connectivity index (χ3v) is 9.47. The second-order valence-corrected chi connectivity index (χ2v) is 12.1. The highest BCUT2D eigenvalue weighted by Gasteiger charge is 2.47. The first-order valence-corrected chi connectivity index (χ1v) is 13.6. The van der Waals surface area contributed by atoms with Crippen LogP contribution in [0.1, 0.15) is 66.9 Å². The molecule has 1 aliphatic heterocycles. The molecule has 1 saturated carbocycles. The van der Waals surface area contributed by atoms with Crippen LogP contribution in [-0.2, 0) is 16.2 Å². The van der Waals surface area contributed by atoms with Gasteiger partial charge in [0.25, 0.3) is 0 Å². The summed E-state index contributed by atoms with van der Waals surface area (Å²) in [6.07, 6.45) is -4.81. The smallest absolute Gasteiger partial charge is 0.295 e. The van der Waals surface area contributed by atoms with Gasteiger partial charge in [0.1, 0.15) is 0 Å². The van der Waals surface area contributed by atoms with Gasteiger partial charge in [-0.2, -0.15) is 17.5 Å². The molecule has 1 aliphatic carbocycles. The van der Waals surface area contributed by atoms with Crippen molar-refractivity contribution in [2.45, 2.75) is 70.0 Å². The lowest BCUT2D eigenvalue weighted by atomic mass is 9.74. The van der Waals surface area contributed by atoms with E-state index in [9.17, 15) is 35.2 Å². The summed E-state index contributed by atoms with van der Waals surface area (Å²) in [5.41, 5.74) is -1.54. The first-order chi connectivity index (χ1) is 16.1. The first-order valence-electron chi connectivity index (χ1n) is 11.6. The topological polar surface area (TPSA) is 57.7 Å². The van der Waals surface area contributed by atoms with E-state index in [0.29, 0.717) is 13.1 Å². The Kier molecular flexibility index (Phi) is 9.87. The van der Waals surface area contributed by atoms with Gasteiger partial charge in [0.05, 0.1) is 16.3 Å². The molecule has 36 heavy (non-hydrogen) atoms. The minimum absolute atomic E-state index is 0. The normalized spacial score (nSPS) is 21.1. The molecule has 0 aromatic heterocycles. The zero-order valence-corrected chi connectivity index (χ0v) is 22.5. The number of halogens is 7.